The minimum absolute atomic E-state index is 0.0779. The molecule has 32 heavy (non-hydrogen) atoms. The van der Waals surface area contributed by atoms with Gasteiger partial charge in [0.15, 0.2) is 5.01 Å². The molecule has 1 aliphatic carbocycles. The maximum atomic E-state index is 13.1. The Hall–Kier alpha value is -3.34. The van der Waals surface area contributed by atoms with Crippen LogP contribution < -0.4 is 4.72 Å². The Balaban J connectivity index is 1.72. The van der Waals surface area contributed by atoms with Gasteiger partial charge in [0.25, 0.3) is 6.43 Å². The van der Waals surface area contributed by atoms with E-state index in [2.05, 4.69) is 25.0 Å². The van der Waals surface area contributed by atoms with Gasteiger partial charge in [0, 0.05) is 17.8 Å². The van der Waals surface area contributed by atoms with Crippen LogP contribution in [0.5, 0.6) is 0 Å². The van der Waals surface area contributed by atoms with E-state index in [1.807, 2.05) is 6.07 Å². The number of aromatic nitrogens is 5. The predicted octanol–water partition coefficient (Wildman–Crippen LogP) is 3.21. The van der Waals surface area contributed by atoms with E-state index in [1.165, 1.54) is 23.0 Å². The van der Waals surface area contributed by atoms with Crippen LogP contribution in [0.3, 0.4) is 0 Å². The summed E-state index contributed by atoms with van der Waals surface area (Å²) in [6.45, 7) is 0. The summed E-state index contributed by atoms with van der Waals surface area (Å²) < 4.78 is 56.0. The van der Waals surface area contributed by atoms with E-state index >= 15 is 0 Å². The molecule has 4 aromatic rings. The molecule has 1 aromatic carbocycles. The van der Waals surface area contributed by atoms with Crippen LogP contribution in [0.1, 0.15) is 24.3 Å². The SMILES string of the molecule is N#CC1(NS(=O)(=O)c2cc(-c3ccncc3)c3cnn(-c4nnc(C(F)F)s4)c3c2)CC1. The van der Waals surface area contributed by atoms with Crippen molar-refractivity contribution in [3.05, 3.63) is 47.9 Å². The molecular weight excluding hydrogens is 460 g/mol. The number of pyridine rings is 1. The van der Waals surface area contributed by atoms with E-state index in [0.29, 0.717) is 46.2 Å². The van der Waals surface area contributed by atoms with Gasteiger partial charge in [-0.25, -0.2) is 21.9 Å². The number of alkyl halides is 2. The molecule has 0 aliphatic heterocycles. The van der Waals surface area contributed by atoms with Gasteiger partial charge in [0.05, 0.1) is 22.7 Å². The van der Waals surface area contributed by atoms with Crippen molar-refractivity contribution in [1.82, 2.24) is 29.7 Å². The lowest BCUT2D eigenvalue weighted by Crippen LogP contribution is -2.35. The van der Waals surface area contributed by atoms with Crippen molar-refractivity contribution in [2.45, 2.75) is 29.7 Å². The van der Waals surface area contributed by atoms with Crippen molar-refractivity contribution in [3.8, 4) is 22.3 Å². The van der Waals surface area contributed by atoms with Gasteiger partial charge in [-0.1, -0.05) is 11.3 Å². The molecule has 1 saturated carbocycles. The Kier molecular flexibility index (Phi) is 4.73. The van der Waals surface area contributed by atoms with E-state index in [-0.39, 0.29) is 10.0 Å². The molecule has 3 aromatic heterocycles. The normalized spacial score (nSPS) is 15.2. The van der Waals surface area contributed by atoms with Crippen molar-refractivity contribution in [2.75, 3.05) is 0 Å². The fraction of sp³-hybridized carbons (Fsp3) is 0.211. The number of fused-ring (bicyclic) bond motifs is 1. The zero-order chi connectivity index (χ0) is 22.5. The number of benzene rings is 1. The van der Waals surface area contributed by atoms with Gasteiger partial charge < -0.3 is 0 Å². The minimum Gasteiger partial charge on any atom is -0.265 e. The molecule has 0 atom stereocenters. The molecule has 0 saturated heterocycles. The topological polar surface area (TPSA) is 126 Å². The summed E-state index contributed by atoms with van der Waals surface area (Å²) in [5, 5.41) is 21.0. The molecule has 1 aliphatic rings. The number of nitrogens with one attached hydrogen (secondary N) is 1. The third-order valence-corrected chi connectivity index (χ3v) is 7.48. The smallest absolute Gasteiger partial charge is 0.265 e. The van der Waals surface area contributed by atoms with Crippen molar-refractivity contribution in [3.63, 3.8) is 0 Å². The fourth-order valence-electron chi connectivity index (χ4n) is 3.26. The van der Waals surface area contributed by atoms with E-state index < -0.39 is 27.0 Å². The van der Waals surface area contributed by atoms with Crippen LogP contribution >= 0.6 is 11.3 Å². The zero-order valence-corrected chi connectivity index (χ0v) is 17.7. The molecule has 162 valence electrons. The first-order valence-electron chi connectivity index (χ1n) is 9.31. The van der Waals surface area contributed by atoms with Gasteiger partial charge >= 0.3 is 0 Å². The Labute approximate surface area is 184 Å². The molecule has 3 heterocycles. The largest absolute Gasteiger partial charge is 0.291 e. The lowest BCUT2D eigenvalue weighted by molar-refractivity contribution is 0.150. The third-order valence-electron chi connectivity index (χ3n) is 5.06. The van der Waals surface area contributed by atoms with Crippen LogP contribution in [0.2, 0.25) is 0 Å². The second-order valence-electron chi connectivity index (χ2n) is 7.22. The first-order chi connectivity index (χ1) is 15.3. The van der Waals surface area contributed by atoms with Crippen molar-refractivity contribution < 1.29 is 17.2 Å². The number of hydrogen-bond donors (Lipinski definition) is 1. The Morgan fingerprint density at radius 2 is 1.97 bits per heavy atom. The molecule has 0 spiro atoms. The van der Waals surface area contributed by atoms with Crippen LogP contribution in [0.25, 0.3) is 27.2 Å². The molecule has 9 nitrogen and oxygen atoms in total. The summed E-state index contributed by atoms with van der Waals surface area (Å²) in [7, 11) is -4.06. The Morgan fingerprint density at radius 3 is 2.59 bits per heavy atom. The maximum Gasteiger partial charge on any atom is 0.291 e. The Bertz CT molecular complexity index is 1470. The lowest BCUT2D eigenvalue weighted by Gasteiger charge is -2.13. The Morgan fingerprint density at radius 1 is 1.22 bits per heavy atom. The molecule has 13 heteroatoms. The molecule has 0 radical (unpaired) electrons. The van der Waals surface area contributed by atoms with E-state index in [4.69, 9.17) is 0 Å². The molecule has 1 N–H and O–H groups in total. The first kappa shape index (κ1) is 20.6. The average molecular weight is 473 g/mol. The van der Waals surface area contributed by atoms with Crippen LogP contribution in [-0.2, 0) is 10.0 Å². The van der Waals surface area contributed by atoms with E-state index in [9.17, 15) is 22.5 Å². The van der Waals surface area contributed by atoms with Gasteiger partial charge in [-0.05, 0) is 48.2 Å². The minimum atomic E-state index is -4.06. The van der Waals surface area contributed by atoms with Crippen LogP contribution in [0.15, 0.2) is 47.8 Å². The predicted molar refractivity (Wildman–Crippen MR) is 111 cm³/mol. The van der Waals surface area contributed by atoms with Gasteiger partial charge in [-0.2, -0.15) is 15.1 Å². The number of nitrogens with zero attached hydrogens (tertiary/aromatic N) is 6. The highest BCUT2D eigenvalue weighted by molar-refractivity contribution is 7.89. The molecule has 0 unspecified atom stereocenters. The highest BCUT2D eigenvalue weighted by Crippen LogP contribution is 2.38. The van der Waals surface area contributed by atoms with Gasteiger partial charge in [-0.3, -0.25) is 4.98 Å². The molecule has 0 amide bonds. The van der Waals surface area contributed by atoms with Crippen molar-refractivity contribution in [1.29, 1.82) is 5.26 Å². The summed E-state index contributed by atoms with van der Waals surface area (Å²) in [6, 6.07) is 8.31. The number of nitriles is 1. The summed E-state index contributed by atoms with van der Waals surface area (Å²) in [5.74, 6) is 0. The van der Waals surface area contributed by atoms with Gasteiger partial charge in [0.1, 0.15) is 5.54 Å². The second-order valence-corrected chi connectivity index (χ2v) is 9.89. The fourth-order valence-corrected chi connectivity index (χ4v) is 5.35. The maximum absolute atomic E-state index is 13.1. The van der Waals surface area contributed by atoms with Gasteiger partial charge in [-0.15, -0.1) is 10.2 Å². The monoisotopic (exact) mass is 473 g/mol. The number of sulfonamides is 1. The second kappa shape index (κ2) is 7.37. The molecular formula is C19H13F2N7O2S2. The quantitative estimate of drug-likeness (QED) is 0.456. The molecule has 0 bridgehead atoms. The van der Waals surface area contributed by atoms with Crippen LogP contribution in [0, 0.1) is 11.3 Å². The summed E-state index contributed by atoms with van der Waals surface area (Å²) in [6.07, 6.45) is 2.73. The number of halogens is 2. The van der Waals surface area contributed by atoms with Crippen molar-refractivity contribution >= 4 is 32.3 Å². The van der Waals surface area contributed by atoms with Crippen LogP contribution in [0.4, 0.5) is 8.78 Å². The molecule has 1 fully saturated rings. The zero-order valence-electron chi connectivity index (χ0n) is 16.1. The summed E-state index contributed by atoms with van der Waals surface area (Å²) in [4.78, 5) is 3.90. The van der Waals surface area contributed by atoms with Crippen molar-refractivity contribution in [2.24, 2.45) is 0 Å². The summed E-state index contributed by atoms with van der Waals surface area (Å²) >= 11 is 0.662. The first-order valence-corrected chi connectivity index (χ1v) is 11.6. The average Bonchev–Trinajstić information content (AvgIpc) is 3.18. The highest BCUT2D eigenvalue weighted by Gasteiger charge is 2.47. The number of rotatable bonds is 6. The van der Waals surface area contributed by atoms with E-state index in [1.54, 1.807) is 24.5 Å². The molecule has 5 rings (SSSR count). The lowest BCUT2D eigenvalue weighted by atomic mass is 10.0. The van der Waals surface area contributed by atoms with Gasteiger partial charge in [0.2, 0.25) is 15.2 Å². The third kappa shape index (κ3) is 3.52. The summed E-state index contributed by atoms with van der Waals surface area (Å²) in [5.41, 5.74) is 0.486. The highest BCUT2D eigenvalue weighted by atomic mass is 32.2. The standard InChI is InChI=1S/C19H13F2N7O2S2/c20-16(21)17-25-26-18(31-17)28-15-8-12(32(29,30)27-19(10-22)3-4-19)7-13(14(15)9-24-28)11-1-5-23-6-2-11/h1-2,5-9,16,27H,3-4H2. The van der Waals surface area contributed by atoms with Crippen LogP contribution in [-0.4, -0.2) is 38.9 Å². The number of hydrogen-bond acceptors (Lipinski definition) is 8. The van der Waals surface area contributed by atoms with E-state index in [0.717, 1.165) is 0 Å².